The van der Waals surface area contributed by atoms with Gasteiger partial charge in [-0.15, -0.1) is 0 Å². The maximum absolute atomic E-state index is 2.29. The lowest BCUT2D eigenvalue weighted by Gasteiger charge is -2.02. The van der Waals surface area contributed by atoms with Gasteiger partial charge >= 0.3 is 0 Å². The molecule has 0 unspecified atom stereocenters. The molecule has 1 rings (SSSR count). The largest absolute Gasteiger partial charge is 0.243 e. The van der Waals surface area contributed by atoms with Crippen molar-refractivity contribution in [2.24, 2.45) is 13.0 Å². The van der Waals surface area contributed by atoms with E-state index in [4.69, 9.17) is 0 Å². The summed E-state index contributed by atoms with van der Waals surface area (Å²) in [6.45, 7) is 5.74. The Kier molecular flexibility index (Phi) is 4.00. The molecule has 0 atom stereocenters. The fourth-order valence-electron chi connectivity index (χ4n) is 1.48. The van der Waals surface area contributed by atoms with Gasteiger partial charge in [0.25, 0.3) is 0 Å². The molecule has 0 amide bonds. The van der Waals surface area contributed by atoms with Gasteiger partial charge in [0.15, 0.2) is 0 Å². The van der Waals surface area contributed by atoms with Crippen molar-refractivity contribution in [3.05, 3.63) is 18.7 Å². The minimum atomic E-state index is 0.848. The first-order chi connectivity index (χ1) is 6.18. The highest BCUT2D eigenvalue weighted by molar-refractivity contribution is 4.61. The third-order valence-corrected chi connectivity index (χ3v) is 2.27. The maximum Gasteiger partial charge on any atom is 0.243 e. The van der Waals surface area contributed by atoms with Crippen LogP contribution in [0.1, 0.15) is 33.1 Å². The SMILES string of the molecule is CC(C)CCCC[n+]1ccn(C)c1. The molecule has 13 heavy (non-hydrogen) atoms. The Balaban J connectivity index is 2.13. The lowest BCUT2D eigenvalue weighted by Crippen LogP contribution is -2.30. The van der Waals surface area contributed by atoms with Gasteiger partial charge in [0.2, 0.25) is 6.33 Å². The summed E-state index contributed by atoms with van der Waals surface area (Å²) in [5.74, 6) is 0.848. The molecule has 0 aliphatic rings. The summed E-state index contributed by atoms with van der Waals surface area (Å²) in [6, 6.07) is 0. The number of unbranched alkanes of at least 4 members (excludes halogenated alkanes) is 1. The summed E-state index contributed by atoms with van der Waals surface area (Å²) in [5, 5.41) is 0. The van der Waals surface area contributed by atoms with Crippen LogP contribution in [0.5, 0.6) is 0 Å². The highest BCUT2D eigenvalue weighted by Gasteiger charge is 1.99. The van der Waals surface area contributed by atoms with Crippen molar-refractivity contribution in [2.75, 3.05) is 0 Å². The first-order valence-corrected chi connectivity index (χ1v) is 5.19. The third kappa shape index (κ3) is 4.11. The van der Waals surface area contributed by atoms with Crippen molar-refractivity contribution in [3.8, 4) is 0 Å². The first-order valence-electron chi connectivity index (χ1n) is 5.19. The molecular formula is C11H21N2+. The zero-order valence-electron chi connectivity index (χ0n) is 9.03. The molecule has 0 aliphatic carbocycles. The fraction of sp³-hybridized carbons (Fsp3) is 0.727. The molecular weight excluding hydrogens is 160 g/mol. The maximum atomic E-state index is 2.29. The van der Waals surface area contributed by atoms with Crippen molar-refractivity contribution in [3.63, 3.8) is 0 Å². The molecule has 1 aromatic rings. The second kappa shape index (κ2) is 5.05. The number of nitrogens with zero attached hydrogens (tertiary/aromatic N) is 2. The first kappa shape index (κ1) is 10.3. The van der Waals surface area contributed by atoms with E-state index in [9.17, 15) is 0 Å². The molecule has 2 nitrogen and oxygen atoms in total. The van der Waals surface area contributed by atoms with E-state index in [1.807, 2.05) is 0 Å². The van der Waals surface area contributed by atoms with Gasteiger partial charge in [0, 0.05) is 0 Å². The number of aryl methyl sites for hydroxylation is 2. The molecule has 0 aromatic carbocycles. The van der Waals surface area contributed by atoms with Gasteiger partial charge in [-0.3, -0.25) is 0 Å². The van der Waals surface area contributed by atoms with Gasteiger partial charge in [-0.05, 0) is 18.8 Å². The van der Waals surface area contributed by atoms with Gasteiger partial charge in [-0.2, -0.15) is 0 Å². The van der Waals surface area contributed by atoms with E-state index in [1.54, 1.807) is 0 Å². The normalized spacial score (nSPS) is 11.1. The molecule has 2 heteroatoms. The molecule has 0 saturated carbocycles. The van der Waals surface area contributed by atoms with Crippen molar-refractivity contribution in [1.82, 2.24) is 4.57 Å². The lowest BCUT2D eigenvalue weighted by atomic mass is 10.1. The second-order valence-electron chi connectivity index (χ2n) is 4.21. The van der Waals surface area contributed by atoms with Crippen LogP contribution in [0.3, 0.4) is 0 Å². The summed E-state index contributed by atoms with van der Waals surface area (Å²) in [5.41, 5.74) is 0. The molecule has 0 spiro atoms. The smallest absolute Gasteiger partial charge is 0.240 e. The van der Waals surface area contributed by atoms with Gasteiger partial charge in [-0.1, -0.05) is 20.3 Å². The molecule has 0 aliphatic heterocycles. The fourth-order valence-corrected chi connectivity index (χ4v) is 1.48. The van der Waals surface area contributed by atoms with E-state index in [2.05, 4.69) is 48.8 Å². The number of aromatic nitrogens is 2. The Bertz CT molecular complexity index is 238. The highest BCUT2D eigenvalue weighted by atomic mass is 15.1. The van der Waals surface area contributed by atoms with Crippen LogP contribution in [0, 0.1) is 5.92 Å². The molecule has 0 saturated heterocycles. The summed E-state index contributed by atoms with van der Waals surface area (Å²) in [6.07, 6.45) is 10.4. The van der Waals surface area contributed by atoms with Crippen molar-refractivity contribution < 1.29 is 4.57 Å². The van der Waals surface area contributed by atoms with Crippen LogP contribution < -0.4 is 4.57 Å². The Morgan fingerprint density at radius 3 is 2.62 bits per heavy atom. The summed E-state index contributed by atoms with van der Waals surface area (Å²) in [7, 11) is 2.06. The molecule has 0 bridgehead atoms. The quantitative estimate of drug-likeness (QED) is 0.486. The minimum Gasteiger partial charge on any atom is -0.240 e. The number of imidazole rings is 1. The molecule has 0 radical (unpaired) electrons. The van der Waals surface area contributed by atoms with Gasteiger partial charge in [0.1, 0.15) is 12.4 Å². The predicted molar refractivity (Wildman–Crippen MR) is 54.3 cm³/mol. The molecule has 1 heterocycles. The van der Waals surface area contributed by atoms with E-state index >= 15 is 0 Å². The van der Waals surface area contributed by atoms with Crippen LogP contribution in [-0.2, 0) is 13.6 Å². The minimum absolute atomic E-state index is 0.848. The van der Waals surface area contributed by atoms with E-state index in [0.29, 0.717) is 0 Å². The molecule has 1 aromatic heterocycles. The monoisotopic (exact) mass is 181 g/mol. The highest BCUT2D eigenvalue weighted by Crippen LogP contribution is 2.05. The summed E-state index contributed by atoms with van der Waals surface area (Å²) in [4.78, 5) is 0. The summed E-state index contributed by atoms with van der Waals surface area (Å²) < 4.78 is 4.34. The Morgan fingerprint density at radius 1 is 1.31 bits per heavy atom. The lowest BCUT2D eigenvalue weighted by molar-refractivity contribution is -0.696. The number of hydrogen-bond donors (Lipinski definition) is 0. The number of rotatable bonds is 5. The van der Waals surface area contributed by atoms with Crippen molar-refractivity contribution in [1.29, 1.82) is 0 Å². The Morgan fingerprint density at radius 2 is 2.08 bits per heavy atom. The average molecular weight is 181 g/mol. The van der Waals surface area contributed by atoms with E-state index in [-0.39, 0.29) is 0 Å². The van der Waals surface area contributed by atoms with Crippen LogP contribution in [0.2, 0.25) is 0 Å². The van der Waals surface area contributed by atoms with Crippen LogP contribution in [-0.4, -0.2) is 4.57 Å². The molecule has 74 valence electrons. The topological polar surface area (TPSA) is 8.81 Å². The van der Waals surface area contributed by atoms with Crippen molar-refractivity contribution >= 4 is 0 Å². The van der Waals surface area contributed by atoms with Gasteiger partial charge < -0.3 is 0 Å². The van der Waals surface area contributed by atoms with Crippen LogP contribution in [0.4, 0.5) is 0 Å². The Hall–Kier alpha value is -0.790. The second-order valence-corrected chi connectivity index (χ2v) is 4.21. The third-order valence-electron chi connectivity index (χ3n) is 2.27. The number of hydrogen-bond acceptors (Lipinski definition) is 0. The van der Waals surface area contributed by atoms with Crippen LogP contribution >= 0.6 is 0 Å². The Labute approximate surface area is 81.2 Å². The van der Waals surface area contributed by atoms with Crippen LogP contribution in [0.25, 0.3) is 0 Å². The predicted octanol–water partition coefficient (Wildman–Crippen LogP) is 2.14. The zero-order valence-corrected chi connectivity index (χ0v) is 9.03. The van der Waals surface area contributed by atoms with Crippen molar-refractivity contribution in [2.45, 2.75) is 39.7 Å². The van der Waals surface area contributed by atoms with Gasteiger partial charge in [-0.25, -0.2) is 9.13 Å². The molecule has 0 N–H and O–H groups in total. The summed E-state index contributed by atoms with van der Waals surface area (Å²) >= 11 is 0. The van der Waals surface area contributed by atoms with E-state index in [0.717, 1.165) is 12.5 Å². The van der Waals surface area contributed by atoms with Gasteiger partial charge in [0.05, 0.1) is 13.6 Å². The van der Waals surface area contributed by atoms with E-state index in [1.165, 1.54) is 19.3 Å². The van der Waals surface area contributed by atoms with E-state index < -0.39 is 0 Å². The zero-order chi connectivity index (χ0) is 9.68. The van der Waals surface area contributed by atoms with Crippen LogP contribution in [0.15, 0.2) is 18.7 Å². The standard InChI is InChI=1S/C11H21N2/c1-11(2)6-4-5-7-13-9-8-12(3)10-13/h8-11H,4-7H2,1-3H3/q+1. The average Bonchev–Trinajstić information content (AvgIpc) is 2.45. The molecule has 0 fully saturated rings.